The van der Waals surface area contributed by atoms with E-state index in [-0.39, 0.29) is 0 Å². The molecule has 0 amide bonds. The van der Waals surface area contributed by atoms with E-state index in [4.69, 9.17) is 10.5 Å². The molecule has 0 aliphatic heterocycles. The number of likely N-dealkylation sites (N-methyl/N-ethyl adjacent to an activating group) is 1. The molecule has 1 unspecified atom stereocenters. The normalized spacial score (nSPS) is 18.9. The van der Waals surface area contributed by atoms with Crippen molar-refractivity contribution in [3.05, 3.63) is 0 Å². The molecule has 14 heavy (non-hydrogen) atoms. The number of nitrogens with two attached hydrogens (primary N) is 1. The molecule has 3 nitrogen and oxygen atoms in total. The molecule has 0 spiro atoms. The summed E-state index contributed by atoms with van der Waals surface area (Å²) in [6.45, 7) is 8.81. The zero-order valence-electron chi connectivity index (χ0n) is 9.54. The number of nitrogens with zero attached hydrogens (tertiary/aromatic N) is 1. The predicted molar refractivity (Wildman–Crippen MR) is 59.3 cm³/mol. The lowest BCUT2D eigenvalue weighted by Crippen LogP contribution is -2.43. The summed E-state index contributed by atoms with van der Waals surface area (Å²) in [6.07, 6.45) is 2.74. The van der Waals surface area contributed by atoms with Crippen molar-refractivity contribution < 1.29 is 4.74 Å². The summed E-state index contributed by atoms with van der Waals surface area (Å²) >= 11 is 0. The lowest BCUT2D eigenvalue weighted by Gasteiger charge is -2.29. The van der Waals surface area contributed by atoms with Crippen LogP contribution in [0.5, 0.6) is 0 Å². The van der Waals surface area contributed by atoms with E-state index in [1.807, 2.05) is 6.92 Å². The van der Waals surface area contributed by atoms with E-state index in [0.717, 1.165) is 38.8 Å². The van der Waals surface area contributed by atoms with Crippen LogP contribution in [0.15, 0.2) is 0 Å². The summed E-state index contributed by atoms with van der Waals surface area (Å²) in [7, 11) is 0. The van der Waals surface area contributed by atoms with Gasteiger partial charge in [-0.15, -0.1) is 0 Å². The number of hydrogen-bond donors (Lipinski definition) is 1. The SMILES string of the molecule is CCOCCN(CC)C(CN)C1CC1. The maximum atomic E-state index is 5.81. The fourth-order valence-corrected chi connectivity index (χ4v) is 2.01. The highest BCUT2D eigenvalue weighted by molar-refractivity contribution is 4.88. The van der Waals surface area contributed by atoms with Crippen molar-refractivity contribution in [1.29, 1.82) is 0 Å². The first-order valence-electron chi connectivity index (χ1n) is 5.85. The highest BCUT2D eigenvalue weighted by Crippen LogP contribution is 2.34. The Labute approximate surface area is 87.6 Å². The molecule has 0 heterocycles. The Kier molecular flexibility index (Phi) is 5.45. The largest absolute Gasteiger partial charge is 0.380 e. The summed E-state index contributed by atoms with van der Waals surface area (Å²) in [4.78, 5) is 2.47. The van der Waals surface area contributed by atoms with Crippen LogP contribution in [0.25, 0.3) is 0 Å². The number of hydrogen-bond acceptors (Lipinski definition) is 3. The fourth-order valence-electron chi connectivity index (χ4n) is 2.01. The van der Waals surface area contributed by atoms with Crippen molar-refractivity contribution in [1.82, 2.24) is 4.90 Å². The maximum absolute atomic E-state index is 5.81. The maximum Gasteiger partial charge on any atom is 0.0593 e. The molecular weight excluding hydrogens is 176 g/mol. The van der Waals surface area contributed by atoms with Crippen LogP contribution in [0.3, 0.4) is 0 Å². The van der Waals surface area contributed by atoms with E-state index in [1.165, 1.54) is 12.8 Å². The van der Waals surface area contributed by atoms with Crippen LogP contribution in [-0.4, -0.2) is 43.8 Å². The van der Waals surface area contributed by atoms with Crippen LogP contribution in [-0.2, 0) is 4.74 Å². The van der Waals surface area contributed by atoms with E-state index >= 15 is 0 Å². The standard InChI is InChI=1S/C11H24N2O/c1-3-13(7-8-14-4-2)11(9-12)10-5-6-10/h10-11H,3-9,12H2,1-2H3. The molecule has 0 aromatic heterocycles. The second-order valence-electron chi connectivity index (χ2n) is 3.97. The average molecular weight is 200 g/mol. The lowest BCUT2D eigenvalue weighted by atomic mass is 10.1. The second-order valence-corrected chi connectivity index (χ2v) is 3.97. The molecule has 0 saturated heterocycles. The molecule has 1 rings (SSSR count). The van der Waals surface area contributed by atoms with Crippen molar-refractivity contribution >= 4 is 0 Å². The van der Waals surface area contributed by atoms with Gasteiger partial charge in [0.05, 0.1) is 6.61 Å². The third-order valence-electron chi connectivity index (χ3n) is 3.01. The topological polar surface area (TPSA) is 38.5 Å². The molecule has 0 radical (unpaired) electrons. The van der Waals surface area contributed by atoms with E-state index in [0.29, 0.717) is 6.04 Å². The molecule has 2 N–H and O–H groups in total. The Hall–Kier alpha value is -0.120. The van der Waals surface area contributed by atoms with E-state index in [9.17, 15) is 0 Å². The van der Waals surface area contributed by atoms with Gasteiger partial charge < -0.3 is 10.5 Å². The molecule has 1 saturated carbocycles. The van der Waals surface area contributed by atoms with Crippen molar-refractivity contribution in [2.24, 2.45) is 11.7 Å². The highest BCUT2D eigenvalue weighted by Gasteiger charge is 2.33. The summed E-state index contributed by atoms with van der Waals surface area (Å²) in [6, 6.07) is 0.598. The van der Waals surface area contributed by atoms with E-state index in [1.54, 1.807) is 0 Å². The first kappa shape index (κ1) is 12.0. The minimum Gasteiger partial charge on any atom is -0.380 e. The van der Waals surface area contributed by atoms with E-state index in [2.05, 4.69) is 11.8 Å². The Bertz CT molecular complexity index is 148. The zero-order valence-corrected chi connectivity index (χ0v) is 9.54. The third-order valence-corrected chi connectivity index (χ3v) is 3.01. The summed E-state index contributed by atoms with van der Waals surface area (Å²) < 4.78 is 5.38. The smallest absolute Gasteiger partial charge is 0.0593 e. The van der Waals surface area contributed by atoms with Crippen molar-refractivity contribution in [2.45, 2.75) is 32.7 Å². The molecule has 1 aliphatic carbocycles. The Morgan fingerprint density at radius 3 is 2.57 bits per heavy atom. The van der Waals surface area contributed by atoms with Gasteiger partial charge >= 0.3 is 0 Å². The quantitative estimate of drug-likeness (QED) is 0.596. The molecule has 84 valence electrons. The molecule has 1 aliphatic rings. The van der Waals surface area contributed by atoms with E-state index < -0.39 is 0 Å². The average Bonchev–Trinajstić information content (AvgIpc) is 3.01. The fraction of sp³-hybridized carbons (Fsp3) is 1.00. The molecule has 0 bridgehead atoms. The van der Waals surface area contributed by atoms with Gasteiger partial charge in [0.2, 0.25) is 0 Å². The molecular formula is C11H24N2O. The highest BCUT2D eigenvalue weighted by atomic mass is 16.5. The minimum atomic E-state index is 0.598. The first-order chi connectivity index (χ1) is 6.83. The van der Waals surface area contributed by atoms with Gasteiger partial charge in [-0.1, -0.05) is 6.92 Å². The molecule has 0 aromatic rings. The second kappa shape index (κ2) is 6.38. The van der Waals surface area contributed by atoms with Gasteiger partial charge in [-0.05, 0) is 32.2 Å². The lowest BCUT2D eigenvalue weighted by molar-refractivity contribution is 0.0928. The van der Waals surface area contributed by atoms with Gasteiger partial charge in [0.15, 0.2) is 0 Å². The van der Waals surface area contributed by atoms with Crippen molar-refractivity contribution in [3.63, 3.8) is 0 Å². The molecule has 3 heteroatoms. The summed E-state index contributed by atoms with van der Waals surface area (Å²) in [5.74, 6) is 0.863. The van der Waals surface area contributed by atoms with Crippen molar-refractivity contribution in [3.8, 4) is 0 Å². The third kappa shape index (κ3) is 3.56. The van der Waals surface area contributed by atoms with Gasteiger partial charge in [-0.3, -0.25) is 4.90 Å². The van der Waals surface area contributed by atoms with Crippen LogP contribution in [0.2, 0.25) is 0 Å². The summed E-state index contributed by atoms with van der Waals surface area (Å²) in [5.41, 5.74) is 5.81. The monoisotopic (exact) mass is 200 g/mol. The Morgan fingerprint density at radius 2 is 2.14 bits per heavy atom. The zero-order chi connectivity index (χ0) is 10.4. The van der Waals surface area contributed by atoms with Crippen LogP contribution in [0.1, 0.15) is 26.7 Å². The van der Waals surface area contributed by atoms with Crippen LogP contribution < -0.4 is 5.73 Å². The van der Waals surface area contributed by atoms with Gasteiger partial charge in [0.25, 0.3) is 0 Å². The number of rotatable bonds is 8. The molecule has 0 aromatic carbocycles. The molecule has 1 atom stereocenters. The minimum absolute atomic E-state index is 0.598. The van der Waals surface area contributed by atoms with Gasteiger partial charge in [-0.25, -0.2) is 0 Å². The predicted octanol–water partition coefficient (Wildman–Crippen LogP) is 1.08. The Morgan fingerprint density at radius 1 is 1.43 bits per heavy atom. The van der Waals surface area contributed by atoms with Gasteiger partial charge in [-0.2, -0.15) is 0 Å². The Balaban J connectivity index is 2.26. The van der Waals surface area contributed by atoms with Crippen LogP contribution in [0.4, 0.5) is 0 Å². The summed E-state index contributed by atoms with van der Waals surface area (Å²) in [5, 5.41) is 0. The first-order valence-corrected chi connectivity index (χ1v) is 5.85. The van der Waals surface area contributed by atoms with Crippen LogP contribution >= 0.6 is 0 Å². The van der Waals surface area contributed by atoms with Gasteiger partial charge in [0.1, 0.15) is 0 Å². The van der Waals surface area contributed by atoms with Gasteiger partial charge in [0, 0.05) is 25.7 Å². The van der Waals surface area contributed by atoms with Crippen LogP contribution in [0, 0.1) is 5.92 Å². The number of ether oxygens (including phenoxy) is 1. The molecule has 1 fully saturated rings. The van der Waals surface area contributed by atoms with Crippen molar-refractivity contribution in [2.75, 3.05) is 32.8 Å².